The minimum atomic E-state index is -0.596. The molecule has 7 heteroatoms. The Morgan fingerprint density at radius 2 is 2.17 bits per heavy atom. The number of rotatable bonds is 4. The van der Waals surface area contributed by atoms with E-state index in [-0.39, 0.29) is 11.5 Å². The van der Waals surface area contributed by atoms with Gasteiger partial charge in [0.25, 0.3) is 5.69 Å². The monoisotopic (exact) mass is 329 g/mol. The van der Waals surface area contributed by atoms with Gasteiger partial charge in [0.15, 0.2) is 5.78 Å². The van der Waals surface area contributed by atoms with E-state index in [1.54, 1.807) is 19.1 Å². The van der Waals surface area contributed by atoms with Crippen LogP contribution in [0.4, 0.5) is 5.69 Å². The predicted octanol–water partition coefficient (Wildman–Crippen LogP) is 3.24. The van der Waals surface area contributed by atoms with Gasteiger partial charge in [-0.25, -0.2) is 0 Å². The number of hydrogen-bond acceptors (Lipinski definition) is 6. The molecule has 0 radical (unpaired) electrons. The van der Waals surface area contributed by atoms with Gasteiger partial charge in [-0.05, 0) is 25.7 Å². The van der Waals surface area contributed by atoms with Crippen LogP contribution in [0.5, 0.6) is 0 Å². The predicted molar refractivity (Wildman–Crippen MR) is 88.5 cm³/mol. The van der Waals surface area contributed by atoms with Gasteiger partial charge in [-0.1, -0.05) is 12.1 Å². The Bertz CT molecular complexity index is 790. The van der Waals surface area contributed by atoms with E-state index in [1.807, 2.05) is 6.26 Å². The molecule has 1 unspecified atom stereocenters. The van der Waals surface area contributed by atoms with E-state index in [1.165, 1.54) is 30.8 Å². The number of nitrogens with zero attached hydrogens (tertiary/aromatic N) is 2. The summed E-state index contributed by atoms with van der Waals surface area (Å²) < 4.78 is 0. The number of nitro benzene ring substituents is 1. The first-order valence-corrected chi connectivity index (χ1v) is 8.04. The summed E-state index contributed by atoms with van der Waals surface area (Å²) in [6, 6.07) is 8.22. The number of carbonyl (C=O) groups is 1. The molecule has 6 nitrogen and oxygen atoms in total. The average Bonchev–Trinajstić information content (AvgIpc) is 2.53. The van der Waals surface area contributed by atoms with Crippen molar-refractivity contribution in [3.05, 3.63) is 61.8 Å². The van der Waals surface area contributed by atoms with Crippen LogP contribution in [0, 0.1) is 21.4 Å². The number of Topliss-reactive ketones (excluding diaryl/α,β-unsaturated/α-hetero) is 1. The number of benzene rings is 1. The third-order valence-electron chi connectivity index (χ3n) is 3.65. The first kappa shape index (κ1) is 16.8. The molecule has 1 atom stereocenters. The average molecular weight is 329 g/mol. The summed E-state index contributed by atoms with van der Waals surface area (Å²) in [7, 11) is 0. The molecular formula is C16H15N3O3S. The Hall–Kier alpha value is -2.59. The van der Waals surface area contributed by atoms with Crippen molar-refractivity contribution in [1.82, 2.24) is 5.32 Å². The standard InChI is InChI=1S/C16H15N3O3S/c1-9-14(10(2)20)15(13(8-17)16(18-9)23-3)11-5-4-6-12(7-11)19(21)22/h4-7,15,18H,1-3H3. The molecule has 118 valence electrons. The SMILES string of the molecule is CSC1=C(C#N)C(c2cccc([N+](=O)[O-])c2)C(C(C)=O)=C(C)N1. The molecule has 1 heterocycles. The number of ketones is 1. The van der Waals surface area contributed by atoms with Crippen LogP contribution in [-0.4, -0.2) is 17.0 Å². The van der Waals surface area contributed by atoms with Crippen LogP contribution in [0.15, 0.2) is 46.1 Å². The maximum Gasteiger partial charge on any atom is 0.269 e. The molecule has 23 heavy (non-hydrogen) atoms. The zero-order valence-electron chi connectivity index (χ0n) is 12.9. The summed E-state index contributed by atoms with van der Waals surface area (Å²) in [6.07, 6.45) is 1.83. The van der Waals surface area contributed by atoms with Gasteiger partial charge < -0.3 is 5.32 Å². The zero-order valence-corrected chi connectivity index (χ0v) is 13.7. The lowest BCUT2D eigenvalue weighted by Crippen LogP contribution is -2.26. The van der Waals surface area contributed by atoms with Gasteiger partial charge in [0.2, 0.25) is 0 Å². The largest absolute Gasteiger partial charge is 0.353 e. The van der Waals surface area contributed by atoms with Crippen molar-refractivity contribution in [3.63, 3.8) is 0 Å². The molecular weight excluding hydrogens is 314 g/mol. The Morgan fingerprint density at radius 3 is 2.70 bits per heavy atom. The number of non-ortho nitro benzene ring substituents is 1. The molecule has 0 spiro atoms. The van der Waals surface area contributed by atoms with Crippen molar-refractivity contribution < 1.29 is 9.72 Å². The maximum absolute atomic E-state index is 12.1. The lowest BCUT2D eigenvalue weighted by Gasteiger charge is -2.28. The van der Waals surface area contributed by atoms with E-state index in [9.17, 15) is 20.2 Å². The number of thioether (sulfide) groups is 1. The third kappa shape index (κ3) is 3.12. The fourth-order valence-corrected chi connectivity index (χ4v) is 3.33. The first-order valence-electron chi connectivity index (χ1n) is 6.82. The highest BCUT2D eigenvalue weighted by Gasteiger charge is 2.33. The zero-order chi connectivity index (χ0) is 17.1. The fraction of sp³-hybridized carbons (Fsp3) is 0.250. The van der Waals surface area contributed by atoms with Crippen molar-refractivity contribution in [1.29, 1.82) is 5.26 Å². The van der Waals surface area contributed by atoms with Gasteiger partial charge in [-0.2, -0.15) is 5.26 Å². The maximum atomic E-state index is 12.1. The molecule has 0 bridgehead atoms. The minimum Gasteiger partial charge on any atom is -0.353 e. The molecule has 0 aliphatic carbocycles. The summed E-state index contributed by atoms with van der Waals surface area (Å²) in [5, 5.41) is 24.3. The number of allylic oxidation sites excluding steroid dienone is 3. The molecule has 0 amide bonds. The van der Waals surface area contributed by atoms with Crippen molar-refractivity contribution in [3.8, 4) is 6.07 Å². The molecule has 0 saturated carbocycles. The van der Waals surface area contributed by atoms with E-state index in [4.69, 9.17) is 0 Å². The quantitative estimate of drug-likeness (QED) is 0.673. The fourth-order valence-electron chi connectivity index (χ4n) is 2.69. The van der Waals surface area contributed by atoms with Gasteiger partial charge in [-0.3, -0.25) is 14.9 Å². The lowest BCUT2D eigenvalue weighted by molar-refractivity contribution is -0.384. The highest BCUT2D eigenvalue weighted by atomic mass is 32.2. The van der Waals surface area contributed by atoms with Gasteiger partial charge in [0.1, 0.15) is 0 Å². The van der Waals surface area contributed by atoms with Crippen LogP contribution in [0.3, 0.4) is 0 Å². The molecule has 1 aromatic rings. The second-order valence-corrected chi connectivity index (χ2v) is 5.88. The van der Waals surface area contributed by atoms with E-state index < -0.39 is 10.8 Å². The molecule has 1 aliphatic rings. The second-order valence-electron chi connectivity index (χ2n) is 5.06. The van der Waals surface area contributed by atoms with Gasteiger partial charge in [0, 0.05) is 23.4 Å². The van der Waals surface area contributed by atoms with Crippen molar-refractivity contribution in [2.45, 2.75) is 19.8 Å². The Balaban J connectivity index is 2.70. The van der Waals surface area contributed by atoms with Crippen LogP contribution in [-0.2, 0) is 4.79 Å². The second kappa shape index (κ2) is 6.67. The van der Waals surface area contributed by atoms with E-state index >= 15 is 0 Å². The number of hydrogen-bond donors (Lipinski definition) is 1. The number of nitriles is 1. The molecule has 1 aromatic carbocycles. The summed E-state index contributed by atoms with van der Waals surface area (Å²) in [4.78, 5) is 22.6. The third-order valence-corrected chi connectivity index (χ3v) is 4.38. The van der Waals surface area contributed by atoms with Crippen molar-refractivity contribution in [2.75, 3.05) is 6.26 Å². The lowest BCUT2D eigenvalue weighted by atomic mass is 9.81. The van der Waals surface area contributed by atoms with Crippen LogP contribution in [0.25, 0.3) is 0 Å². The normalized spacial score (nSPS) is 17.6. The van der Waals surface area contributed by atoms with Gasteiger partial charge in [-0.15, -0.1) is 11.8 Å². The highest BCUT2D eigenvalue weighted by Crippen LogP contribution is 2.40. The van der Waals surface area contributed by atoms with Crippen LogP contribution >= 0.6 is 11.8 Å². The van der Waals surface area contributed by atoms with Gasteiger partial charge >= 0.3 is 0 Å². The van der Waals surface area contributed by atoms with Crippen molar-refractivity contribution >= 4 is 23.2 Å². The molecule has 1 aliphatic heterocycles. The topological polar surface area (TPSA) is 96.0 Å². The first-order chi connectivity index (χ1) is 10.9. The number of nitrogens with one attached hydrogen (secondary N) is 1. The number of dihydropyridines is 1. The molecule has 0 saturated heterocycles. The highest BCUT2D eigenvalue weighted by molar-refractivity contribution is 8.02. The van der Waals surface area contributed by atoms with Crippen LogP contribution in [0.2, 0.25) is 0 Å². The van der Waals surface area contributed by atoms with E-state index in [0.29, 0.717) is 27.4 Å². The number of nitro groups is 1. The van der Waals surface area contributed by atoms with Gasteiger partial charge in [0.05, 0.1) is 27.5 Å². The summed E-state index contributed by atoms with van der Waals surface area (Å²) in [5.74, 6) is -0.763. The van der Waals surface area contributed by atoms with Crippen LogP contribution < -0.4 is 5.32 Å². The summed E-state index contributed by atoms with van der Waals surface area (Å²) in [5.41, 5.74) is 2.02. The summed E-state index contributed by atoms with van der Waals surface area (Å²) >= 11 is 1.37. The molecule has 1 N–H and O–H groups in total. The summed E-state index contributed by atoms with van der Waals surface area (Å²) in [6.45, 7) is 3.20. The van der Waals surface area contributed by atoms with E-state index in [2.05, 4.69) is 11.4 Å². The molecule has 0 aromatic heterocycles. The Kier molecular flexibility index (Phi) is 4.86. The molecule has 0 fully saturated rings. The minimum absolute atomic E-state index is 0.0652. The number of carbonyl (C=O) groups excluding carboxylic acids is 1. The van der Waals surface area contributed by atoms with E-state index in [0.717, 1.165) is 0 Å². The van der Waals surface area contributed by atoms with Crippen LogP contribution in [0.1, 0.15) is 25.3 Å². The van der Waals surface area contributed by atoms with Crippen molar-refractivity contribution in [2.24, 2.45) is 0 Å². The Labute approximate surface area is 138 Å². The molecule has 2 rings (SSSR count). The smallest absolute Gasteiger partial charge is 0.269 e. The Morgan fingerprint density at radius 1 is 1.48 bits per heavy atom.